The van der Waals surface area contributed by atoms with Gasteiger partial charge in [-0.05, 0) is 32.1 Å². The maximum atomic E-state index is 12.2. The van der Waals surface area contributed by atoms with Gasteiger partial charge in [0.25, 0.3) is 5.91 Å². The molecule has 0 saturated carbocycles. The van der Waals surface area contributed by atoms with Gasteiger partial charge in [0.2, 0.25) is 0 Å². The minimum atomic E-state index is -0.606. The monoisotopic (exact) mass is 279 g/mol. The highest BCUT2D eigenvalue weighted by Gasteiger charge is 2.27. The van der Waals surface area contributed by atoms with Crippen LogP contribution >= 0.6 is 0 Å². The molecular weight excluding hydrogens is 262 g/mol. The third-order valence-electron chi connectivity index (χ3n) is 3.35. The van der Waals surface area contributed by atoms with E-state index >= 15 is 0 Å². The second-order valence-corrected chi connectivity index (χ2v) is 4.82. The number of nitrogen functional groups attached to an aromatic ring is 1. The highest BCUT2D eigenvalue weighted by atomic mass is 16.6. The summed E-state index contributed by atoms with van der Waals surface area (Å²) in [6.07, 6.45) is 0.838. The van der Waals surface area contributed by atoms with Crippen LogP contribution in [-0.4, -0.2) is 41.9 Å². The zero-order valence-corrected chi connectivity index (χ0v) is 11.1. The summed E-state index contributed by atoms with van der Waals surface area (Å²) in [7, 11) is 1.97. The second kappa shape index (κ2) is 5.85. The number of hydrogen-bond donors (Lipinski definition) is 3. The number of nitrogens with zero attached hydrogens (tertiary/aromatic N) is 2. The molecule has 1 aliphatic heterocycles. The number of hydrazine groups is 1. The summed E-state index contributed by atoms with van der Waals surface area (Å²) in [6.45, 7) is 1.64. The van der Waals surface area contributed by atoms with Crippen molar-refractivity contribution in [1.29, 1.82) is 0 Å². The summed E-state index contributed by atoms with van der Waals surface area (Å²) in [5.74, 6) is 4.80. The second-order valence-electron chi connectivity index (χ2n) is 4.82. The van der Waals surface area contributed by atoms with Crippen molar-refractivity contribution in [3.63, 3.8) is 0 Å². The molecule has 0 bridgehead atoms. The average molecular weight is 279 g/mol. The molecule has 8 nitrogen and oxygen atoms in total. The maximum absolute atomic E-state index is 12.2. The van der Waals surface area contributed by atoms with E-state index in [0.29, 0.717) is 0 Å². The number of para-hydroxylation sites is 1. The van der Waals surface area contributed by atoms with Crippen molar-refractivity contribution in [2.45, 2.75) is 12.5 Å². The quantitative estimate of drug-likeness (QED) is 0.415. The molecule has 1 aliphatic rings. The molecule has 4 N–H and O–H groups in total. The van der Waals surface area contributed by atoms with E-state index in [4.69, 9.17) is 5.84 Å². The van der Waals surface area contributed by atoms with Crippen LogP contribution in [0.2, 0.25) is 0 Å². The number of rotatable bonds is 4. The van der Waals surface area contributed by atoms with E-state index in [1.54, 1.807) is 6.07 Å². The largest absolute Gasteiger partial charge is 0.348 e. The summed E-state index contributed by atoms with van der Waals surface area (Å²) >= 11 is 0. The molecule has 108 valence electrons. The fourth-order valence-electron chi connectivity index (χ4n) is 2.36. The van der Waals surface area contributed by atoms with E-state index in [-0.39, 0.29) is 23.0 Å². The van der Waals surface area contributed by atoms with Gasteiger partial charge in [-0.15, -0.1) is 0 Å². The van der Waals surface area contributed by atoms with Crippen molar-refractivity contribution < 1.29 is 9.72 Å². The zero-order valence-electron chi connectivity index (χ0n) is 11.1. The summed E-state index contributed by atoms with van der Waals surface area (Å²) in [4.78, 5) is 24.8. The van der Waals surface area contributed by atoms with Crippen molar-refractivity contribution in [2.24, 2.45) is 5.84 Å². The topological polar surface area (TPSA) is 114 Å². The Kier molecular flexibility index (Phi) is 4.16. The van der Waals surface area contributed by atoms with Crippen molar-refractivity contribution in [3.8, 4) is 0 Å². The summed E-state index contributed by atoms with van der Waals surface area (Å²) < 4.78 is 0. The molecule has 2 rings (SSSR count). The molecule has 1 fully saturated rings. The Morgan fingerprint density at radius 3 is 2.85 bits per heavy atom. The highest BCUT2D eigenvalue weighted by Crippen LogP contribution is 2.28. The molecular formula is C12H17N5O3. The predicted octanol–water partition coefficient (Wildman–Crippen LogP) is 0.314. The lowest BCUT2D eigenvalue weighted by Gasteiger charge is -2.13. The Bertz CT molecular complexity index is 534. The van der Waals surface area contributed by atoms with E-state index in [9.17, 15) is 14.9 Å². The molecule has 0 radical (unpaired) electrons. The molecule has 0 aliphatic carbocycles. The van der Waals surface area contributed by atoms with Gasteiger partial charge in [-0.2, -0.15) is 0 Å². The van der Waals surface area contributed by atoms with Crippen LogP contribution in [0.5, 0.6) is 0 Å². The first-order valence-electron chi connectivity index (χ1n) is 6.26. The predicted molar refractivity (Wildman–Crippen MR) is 74.3 cm³/mol. The summed E-state index contributed by atoms with van der Waals surface area (Å²) in [6, 6.07) is 4.45. The number of nitro groups is 1. The molecule has 1 aromatic rings. The molecule has 1 saturated heterocycles. The molecule has 1 aromatic carbocycles. The first kappa shape index (κ1) is 14.2. The number of carbonyl (C=O) groups excluding carboxylic acids is 1. The first-order valence-corrected chi connectivity index (χ1v) is 6.26. The Hall–Kier alpha value is -2.19. The Labute approximate surface area is 116 Å². The van der Waals surface area contributed by atoms with Crippen LogP contribution in [0.25, 0.3) is 0 Å². The standard InChI is InChI=1S/C12H17N5O3/c1-16-6-5-8(7-16)14-12(18)9-3-2-4-10(15-13)11(9)17(19)20/h2-4,8,15H,5-7,13H2,1H3,(H,14,18). The minimum Gasteiger partial charge on any atom is -0.348 e. The smallest absolute Gasteiger partial charge is 0.306 e. The fraction of sp³-hybridized carbons (Fsp3) is 0.417. The van der Waals surface area contributed by atoms with Gasteiger partial charge in [0.05, 0.1) is 4.92 Å². The summed E-state index contributed by atoms with van der Waals surface area (Å²) in [5, 5.41) is 13.9. The van der Waals surface area contributed by atoms with Crippen molar-refractivity contribution in [2.75, 3.05) is 25.6 Å². The van der Waals surface area contributed by atoms with E-state index < -0.39 is 10.8 Å². The van der Waals surface area contributed by atoms with E-state index in [2.05, 4.69) is 15.6 Å². The van der Waals surface area contributed by atoms with Crippen molar-refractivity contribution in [3.05, 3.63) is 33.9 Å². The number of amides is 1. The lowest BCUT2D eigenvalue weighted by atomic mass is 10.1. The number of nitrogens with one attached hydrogen (secondary N) is 2. The number of nitro benzene ring substituents is 1. The number of anilines is 1. The SMILES string of the molecule is CN1CCC(NC(=O)c2cccc(NN)c2[N+](=O)[O-])C1. The third-order valence-corrected chi connectivity index (χ3v) is 3.35. The molecule has 1 unspecified atom stereocenters. The van der Waals surface area contributed by atoms with Gasteiger partial charge in [-0.3, -0.25) is 20.8 Å². The fourth-order valence-corrected chi connectivity index (χ4v) is 2.36. The minimum absolute atomic E-state index is 0.0139. The van der Waals surface area contributed by atoms with Gasteiger partial charge in [-0.25, -0.2) is 0 Å². The lowest BCUT2D eigenvalue weighted by molar-refractivity contribution is -0.384. The van der Waals surface area contributed by atoms with Crippen LogP contribution < -0.4 is 16.6 Å². The average Bonchev–Trinajstić information content (AvgIpc) is 2.82. The van der Waals surface area contributed by atoms with Gasteiger partial charge in [0.15, 0.2) is 0 Å². The maximum Gasteiger partial charge on any atom is 0.306 e. The number of likely N-dealkylation sites (N-methyl/N-ethyl adjacent to an activating group) is 1. The van der Waals surface area contributed by atoms with Crippen LogP contribution in [0.15, 0.2) is 18.2 Å². The van der Waals surface area contributed by atoms with E-state index in [0.717, 1.165) is 19.5 Å². The zero-order chi connectivity index (χ0) is 14.7. The number of benzene rings is 1. The van der Waals surface area contributed by atoms with Gasteiger partial charge in [-0.1, -0.05) is 6.07 Å². The van der Waals surface area contributed by atoms with Gasteiger partial charge < -0.3 is 15.6 Å². The number of hydrogen-bond acceptors (Lipinski definition) is 6. The van der Waals surface area contributed by atoms with Crippen LogP contribution in [0.1, 0.15) is 16.8 Å². The van der Waals surface area contributed by atoms with E-state index in [1.165, 1.54) is 12.1 Å². The number of nitrogens with two attached hydrogens (primary N) is 1. The van der Waals surface area contributed by atoms with Crippen molar-refractivity contribution in [1.82, 2.24) is 10.2 Å². The first-order chi connectivity index (χ1) is 9.52. The Morgan fingerprint density at radius 2 is 2.30 bits per heavy atom. The molecule has 8 heteroatoms. The molecule has 0 aromatic heterocycles. The Morgan fingerprint density at radius 1 is 1.55 bits per heavy atom. The number of carbonyl (C=O) groups is 1. The van der Waals surface area contributed by atoms with E-state index in [1.807, 2.05) is 7.05 Å². The highest BCUT2D eigenvalue weighted by molar-refractivity contribution is 6.00. The van der Waals surface area contributed by atoms with Crippen LogP contribution in [0, 0.1) is 10.1 Å². The van der Waals surface area contributed by atoms with Crippen LogP contribution in [0.3, 0.4) is 0 Å². The number of likely N-dealkylation sites (tertiary alicyclic amines) is 1. The molecule has 1 heterocycles. The Balaban J connectivity index is 2.23. The molecule has 1 atom stereocenters. The normalized spacial score (nSPS) is 18.8. The molecule has 20 heavy (non-hydrogen) atoms. The van der Waals surface area contributed by atoms with Crippen molar-refractivity contribution >= 4 is 17.3 Å². The molecule has 1 amide bonds. The van der Waals surface area contributed by atoms with Gasteiger partial charge in [0.1, 0.15) is 11.3 Å². The van der Waals surface area contributed by atoms with Gasteiger partial charge in [0, 0.05) is 12.6 Å². The van der Waals surface area contributed by atoms with Crippen LogP contribution in [-0.2, 0) is 0 Å². The lowest BCUT2D eigenvalue weighted by Crippen LogP contribution is -2.36. The van der Waals surface area contributed by atoms with Crippen LogP contribution in [0.4, 0.5) is 11.4 Å². The molecule has 0 spiro atoms. The summed E-state index contributed by atoms with van der Waals surface area (Å²) in [5.41, 5.74) is 2.07. The third kappa shape index (κ3) is 2.86. The van der Waals surface area contributed by atoms with Gasteiger partial charge >= 0.3 is 5.69 Å².